The maximum atomic E-state index is 14.0. The average molecular weight is 394 g/mol. The first-order valence-corrected chi connectivity index (χ1v) is 10.3. The normalized spacial score (nSPS) is 21.4. The van der Waals surface area contributed by atoms with Gasteiger partial charge < -0.3 is 15.5 Å². The predicted octanol–water partition coefficient (Wildman–Crippen LogP) is 3.56. The van der Waals surface area contributed by atoms with E-state index in [4.69, 9.17) is 0 Å². The van der Waals surface area contributed by atoms with Crippen LogP contribution in [0.3, 0.4) is 0 Å². The molecule has 1 aliphatic heterocycles. The molecule has 2 N–H and O–H groups in total. The molecule has 29 heavy (non-hydrogen) atoms. The Bertz CT molecular complexity index is 896. The summed E-state index contributed by atoms with van der Waals surface area (Å²) in [7, 11) is 0. The minimum Gasteiger partial charge on any atom is -0.357 e. The van der Waals surface area contributed by atoms with Crippen LogP contribution in [0.15, 0.2) is 53.5 Å². The third-order valence-electron chi connectivity index (χ3n) is 5.50. The molecular formula is C23H27FN4O. The highest BCUT2D eigenvalue weighted by atomic mass is 19.1. The first-order chi connectivity index (χ1) is 14.2. The lowest BCUT2D eigenvalue weighted by atomic mass is 10.1. The molecule has 0 aromatic heterocycles. The Morgan fingerprint density at radius 3 is 2.69 bits per heavy atom. The van der Waals surface area contributed by atoms with Crippen molar-refractivity contribution in [1.29, 1.82) is 0 Å². The van der Waals surface area contributed by atoms with Gasteiger partial charge in [0.15, 0.2) is 5.96 Å². The third-order valence-corrected chi connectivity index (χ3v) is 5.50. The second kappa shape index (κ2) is 8.64. The molecule has 5 nitrogen and oxygen atoms in total. The fraction of sp³-hybridized carbons (Fsp3) is 0.391. The number of aliphatic imine (C=N–C) groups is 1. The summed E-state index contributed by atoms with van der Waals surface area (Å²) in [5.41, 5.74) is 2.81. The molecule has 0 radical (unpaired) electrons. The molecule has 1 saturated carbocycles. The van der Waals surface area contributed by atoms with Crippen molar-refractivity contribution in [3.8, 4) is 0 Å². The van der Waals surface area contributed by atoms with E-state index in [1.165, 1.54) is 6.07 Å². The summed E-state index contributed by atoms with van der Waals surface area (Å²) in [6.07, 6.45) is 2.47. The van der Waals surface area contributed by atoms with Crippen molar-refractivity contribution in [2.75, 3.05) is 18.0 Å². The summed E-state index contributed by atoms with van der Waals surface area (Å²) in [4.78, 5) is 18.4. The molecule has 2 atom stereocenters. The number of hydrogen-bond donors (Lipinski definition) is 2. The van der Waals surface area contributed by atoms with E-state index in [1.54, 1.807) is 6.07 Å². The maximum Gasteiger partial charge on any atom is 0.227 e. The van der Waals surface area contributed by atoms with Gasteiger partial charge >= 0.3 is 0 Å². The zero-order valence-corrected chi connectivity index (χ0v) is 16.7. The fourth-order valence-corrected chi connectivity index (χ4v) is 3.84. The van der Waals surface area contributed by atoms with Gasteiger partial charge in [0.2, 0.25) is 5.91 Å². The van der Waals surface area contributed by atoms with Crippen LogP contribution in [0, 0.1) is 5.82 Å². The first-order valence-electron chi connectivity index (χ1n) is 10.3. The van der Waals surface area contributed by atoms with Gasteiger partial charge in [-0.25, -0.2) is 9.38 Å². The Hall–Kier alpha value is -2.89. The highest BCUT2D eigenvalue weighted by molar-refractivity contribution is 5.95. The summed E-state index contributed by atoms with van der Waals surface area (Å²) in [6, 6.07) is 15.2. The SMILES string of the molecule is CCNC(=NCc1ccc(N2CCCC2=O)cc1)NC1CC1c1ccccc1F. The van der Waals surface area contributed by atoms with E-state index in [0.29, 0.717) is 13.0 Å². The number of benzene rings is 2. The summed E-state index contributed by atoms with van der Waals surface area (Å²) >= 11 is 0. The van der Waals surface area contributed by atoms with Crippen molar-refractivity contribution in [3.63, 3.8) is 0 Å². The van der Waals surface area contributed by atoms with Crippen LogP contribution < -0.4 is 15.5 Å². The number of carbonyl (C=O) groups is 1. The van der Waals surface area contributed by atoms with Crippen LogP contribution in [0.25, 0.3) is 0 Å². The van der Waals surface area contributed by atoms with E-state index in [1.807, 2.05) is 48.2 Å². The van der Waals surface area contributed by atoms with Crippen LogP contribution in [-0.2, 0) is 11.3 Å². The number of anilines is 1. The van der Waals surface area contributed by atoms with Crippen LogP contribution >= 0.6 is 0 Å². The molecular weight excluding hydrogens is 367 g/mol. The van der Waals surface area contributed by atoms with E-state index >= 15 is 0 Å². The number of nitrogens with one attached hydrogen (secondary N) is 2. The van der Waals surface area contributed by atoms with E-state index < -0.39 is 0 Å². The number of hydrogen-bond acceptors (Lipinski definition) is 2. The molecule has 1 aliphatic carbocycles. The largest absolute Gasteiger partial charge is 0.357 e. The lowest BCUT2D eigenvalue weighted by Crippen LogP contribution is -2.39. The summed E-state index contributed by atoms with van der Waals surface area (Å²) in [5.74, 6) is 0.996. The molecule has 4 rings (SSSR count). The average Bonchev–Trinajstić information content (AvgIpc) is 3.35. The van der Waals surface area contributed by atoms with Crippen molar-refractivity contribution in [1.82, 2.24) is 10.6 Å². The quantitative estimate of drug-likeness (QED) is 0.582. The standard InChI is InChI=1S/C23H27FN4O/c1-2-25-23(27-21-14-19(21)18-6-3-4-7-20(18)24)26-15-16-9-11-17(12-10-16)28-13-5-8-22(28)29/h3-4,6-7,9-12,19,21H,2,5,8,13-15H2,1H3,(H2,25,26,27). The molecule has 2 fully saturated rings. The molecule has 152 valence electrons. The minimum atomic E-state index is -0.139. The molecule has 1 amide bonds. The molecule has 2 aromatic carbocycles. The van der Waals surface area contributed by atoms with Crippen molar-refractivity contribution in [2.45, 2.75) is 44.7 Å². The lowest BCUT2D eigenvalue weighted by molar-refractivity contribution is -0.117. The van der Waals surface area contributed by atoms with Crippen LogP contribution in [0.5, 0.6) is 0 Å². The number of halogens is 1. The molecule has 0 bridgehead atoms. The van der Waals surface area contributed by atoms with Crippen LogP contribution in [0.2, 0.25) is 0 Å². The van der Waals surface area contributed by atoms with Crippen LogP contribution in [0.1, 0.15) is 43.2 Å². The van der Waals surface area contributed by atoms with Gasteiger partial charge in [-0.2, -0.15) is 0 Å². The number of guanidine groups is 1. The predicted molar refractivity (Wildman–Crippen MR) is 114 cm³/mol. The summed E-state index contributed by atoms with van der Waals surface area (Å²) < 4.78 is 14.0. The Morgan fingerprint density at radius 1 is 1.21 bits per heavy atom. The second-order valence-electron chi connectivity index (χ2n) is 7.63. The molecule has 1 heterocycles. The Balaban J connectivity index is 1.36. The van der Waals surface area contributed by atoms with Gasteiger partial charge in [-0.05, 0) is 49.1 Å². The Morgan fingerprint density at radius 2 is 2.00 bits per heavy atom. The van der Waals surface area contributed by atoms with Crippen molar-refractivity contribution < 1.29 is 9.18 Å². The molecule has 2 aliphatic rings. The van der Waals surface area contributed by atoms with Crippen molar-refractivity contribution in [2.24, 2.45) is 4.99 Å². The number of carbonyl (C=O) groups excluding carboxylic acids is 1. The van der Waals surface area contributed by atoms with E-state index in [2.05, 4.69) is 15.6 Å². The highest BCUT2D eigenvalue weighted by Crippen LogP contribution is 2.41. The number of nitrogens with zero attached hydrogens (tertiary/aromatic N) is 2. The monoisotopic (exact) mass is 394 g/mol. The van der Waals surface area contributed by atoms with Crippen LogP contribution in [-0.4, -0.2) is 31.0 Å². The molecule has 1 saturated heterocycles. The topological polar surface area (TPSA) is 56.7 Å². The lowest BCUT2D eigenvalue weighted by Gasteiger charge is -2.16. The smallest absolute Gasteiger partial charge is 0.227 e. The molecule has 0 spiro atoms. The summed E-state index contributed by atoms with van der Waals surface area (Å²) in [6.45, 7) is 4.13. The molecule has 2 unspecified atom stereocenters. The highest BCUT2D eigenvalue weighted by Gasteiger charge is 2.40. The van der Waals surface area contributed by atoms with Gasteiger partial charge in [-0.15, -0.1) is 0 Å². The van der Waals surface area contributed by atoms with E-state index in [0.717, 1.165) is 48.7 Å². The Kier molecular flexibility index (Phi) is 5.79. The van der Waals surface area contributed by atoms with Gasteiger partial charge in [-0.3, -0.25) is 4.79 Å². The zero-order valence-electron chi connectivity index (χ0n) is 16.7. The number of rotatable bonds is 6. The van der Waals surface area contributed by atoms with E-state index in [9.17, 15) is 9.18 Å². The number of amides is 1. The van der Waals surface area contributed by atoms with Gasteiger partial charge in [0.1, 0.15) is 5.82 Å². The zero-order chi connectivity index (χ0) is 20.2. The van der Waals surface area contributed by atoms with Crippen molar-refractivity contribution >= 4 is 17.6 Å². The van der Waals surface area contributed by atoms with Gasteiger partial charge in [0.25, 0.3) is 0 Å². The van der Waals surface area contributed by atoms with Gasteiger partial charge in [0, 0.05) is 37.2 Å². The van der Waals surface area contributed by atoms with Gasteiger partial charge in [0.05, 0.1) is 6.54 Å². The van der Waals surface area contributed by atoms with Gasteiger partial charge in [-0.1, -0.05) is 30.3 Å². The second-order valence-corrected chi connectivity index (χ2v) is 7.63. The summed E-state index contributed by atoms with van der Waals surface area (Å²) in [5, 5.41) is 6.68. The molecule has 6 heteroatoms. The first kappa shape index (κ1) is 19.4. The maximum absolute atomic E-state index is 14.0. The van der Waals surface area contributed by atoms with E-state index in [-0.39, 0.29) is 23.7 Å². The van der Waals surface area contributed by atoms with Crippen molar-refractivity contribution in [3.05, 3.63) is 65.5 Å². The fourth-order valence-electron chi connectivity index (χ4n) is 3.84. The Labute approximate surface area is 171 Å². The van der Waals surface area contributed by atoms with Crippen LogP contribution in [0.4, 0.5) is 10.1 Å². The minimum absolute atomic E-state index is 0.139. The molecule has 2 aromatic rings. The third kappa shape index (κ3) is 4.58.